The summed E-state index contributed by atoms with van der Waals surface area (Å²) in [6.45, 7) is 3.58. The molecule has 1 aliphatic heterocycles. The number of methoxy groups -OCH3 is 2. The maximum absolute atomic E-state index is 14.4. The molecule has 8 nitrogen and oxygen atoms in total. The van der Waals surface area contributed by atoms with E-state index in [0.717, 1.165) is 5.56 Å². The van der Waals surface area contributed by atoms with Gasteiger partial charge in [-0.2, -0.15) is 0 Å². The maximum Gasteiger partial charge on any atom is 0.333 e. The van der Waals surface area contributed by atoms with Crippen LogP contribution < -0.4 is 4.90 Å². The zero-order chi connectivity index (χ0) is 29.2. The molecule has 3 aliphatic carbocycles. The number of hydrogen-bond donors (Lipinski definition) is 0. The second-order valence-corrected chi connectivity index (χ2v) is 11.7. The summed E-state index contributed by atoms with van der Waals surface area (Å²) < 4.78 is 10.3. The molecule has 0 radical (unpaired) electrons. The van der Waals surface area contributed by atoms with E-state index in [0.29, 0.717) is 16.8 Å². The van der Waals surface area contributed by atoms with Gasteiger partial charge in [-0.1, -0.05) is 74.0 Å². The van der Waals surface area contributed by atoms with Crippen LogP contribution in [0.5, 0.6) is 0 Å². The first kappa shape index (κ1) is 26.9. The predicted molar refractivity (Wildman–Crippen MR) is 148 cm³/mol. The summed E-state index contributed by atoms with van der Waals surface area (Å²) in [4.78, 5) is 70.6. The Morgan fingerprint density at radius 2 is 1.46 bits per heavy atom. The number of rotatable bonds is 4. The zero-order valence-corrected chi connectivity index (χ0v) is 23.3. The minimum Gasteiger partial charge on any atom is -0.469 e. The first-order valence-corrected chi connectivity index (χ1v) is 13.8. The summed E-state index contributed by atoms with van der Waals surface area (Å²) in [5.41, 5.74) is 1.54. The topological polar surface area (TPSA) is 107 Å². The third-order valence-corrected chi connectivity index (χ3v) is 9.43. The van der Waals surface area contributed by atoms with Gasteiger partial charge in [0.1, 0.15) is 0 Å². The van der Waals surface area contributed by atoms with Gasteiger partial charge in [-0.05, 0) is 30.0 Å². The van der Waals surface area contributed by atoms with Crippen molar-refractivity contribution in [3.05, 3.63) is 89.0 Å². The summed E-state index contributed by atoms with van der Waals surface area (Å²) in [7, 11) is 2.53. The van der Waals surface area contributed by atoms with E-state index in [4.69, 9.17) is 9.47 Å². The second kappa shape index (κ2) is 9.65. The third kappa shape index (κ3) is 3.76. The number of carbonyl (C=O) groups is 5. The smallest absolute Gasteiger partial charge is 0.333 e. The molecular weight excluding hydrogens is 522 g/mol. The minimum absolute atomic E-state index is 0.0587. The Balaban J connectivity index is 1.64. The van der Waals surface area contributed by atoms with Crippen LogP contribution in [-0.4, -0.2) is 43.8 Å². The number of amides is 2. The predicted octanol–water partition coefficient (Wildman–Crippen LogP) is 4.02. The number of Topliss-reactive ketones (excluding diaryl/α,β-unsaturated/α-hetero) is 1. The lowest BCUT2D eigenvalue weighted by molar-refractivity contribution is -0.146. The standard InChI is InChI=1S/C33H31NO7/c1-33(2)27-21(32(39)41-4)16-18(31(38)40-3)15-20-23(27)25(28(33)35)22(17-11-7-5-8-12-17)26-24(20)29(36)34(30(26)37)19-13-9-6-10-14-19/h5-14,16,20-22,24,26-27H,15H2,1-4H3/t20-,21-,22+,24-,26+,27-/m1/s1. The van der Waals surface area contributed by atoms with Crippen LogP contribution in [0.2, 0.25) is 0 Å². The number of anilines is 1. The number of hydrogen-bond acceptors (Lipinski definition) is 7. The fraction of sp³-hybridized carbons (Fsp3) is 0.364. The lowest BCUT2D eigenvalue weighted by atomic mass is 9.60. The Hall–Kier alpha value is -4.33. The number of carbonyl (C=O) groups excluding carboxylic acids is 5. The molecule has 1 saturated heterocycles. The van der Waals surface area contributed by atoms with E-state index < -0.39 is 52.9 Å². The molecule has 1 heterocycles. The van der Waals surface area contributed by atoms with Crippen molar-refractivity contribution in [3.8, 4) is 0 Å². The van der Waals surface area contributed by atoms with Gasteiger partial charge in [-0.3, -0.25) is 24.1 Å². The largest absolute Gasteiger partial charge is 0.469 e. The fourth-order valence-electron chi connectivity index (χ4n) is 7.77. The fourth-order valence-corrected chi connectivity index (χ4v) is 7.77. The molecule has 0 spiro atoms. The van der Waals surface area contributed by atoms with Crippen molar-refractivity contribution >= 4 is 35.2 Å². The highest BCUT2D eigenvalue weighted by Gasteiger charge is 2.66. The number of para-hydroxylation sites is 1. The van der Waals surface area contributed by atoms with Gasteiger partial charge in [0.25, 0.3) is 0 Å². The van der Waals surface area contributed by atoms with Crippen molar-refractivity contribution in [1.82, 2.24) is 0 Å². The average molecular weight is 554 g/mol. The van der Waals surface area contributed by atoms with Crippen LogP contribution in [0.25, 0.3) is 0 Å². The molecule has 0 unspecified atom stereocenters. The number of benzene rings is 2. The molecular formula is C33H31NO7. The quantitative estimate of drug-likeness (QED) is 0.416. The van der Waals surface area contributed by atoms with Gasteiger partial charge in [0.05, 0.1) is 37.7 Å². The van der Waals surface area contributed by atoms with Gasteiger partial charge in [0.2, 0.25) is 11.8 Å². The van der Waals surface area contributed by atoms with Gasteiger partial charge < -0.3 is 9.47 Å². The molecule has 1 fully saturated rings. The van der Waals surface area contributed by atoms with Crippen LogP contribution in [-0.2, 0) is 33.4 Å². The molecule has 41 heavy (non-hydrogen) atoms. The van der Waals surface area contributed by atoms with E-state index in [2.05, 4.69) is 0 Å². The Bertz CT molecular complexity index is 1540. The number of ether oxygens (including phenoxy) is 2. The zero-order valence-electron chi connectivity index (χ0n) is 23.3. The van der Waals surface area contributed by atoms with Crippen LogP contribution >= 0.6 is 0 Å². The molecule has 2 aromatic carbocycles. The van der Waals surface area contributed by atoms with Gasteiger partial charge in [0, 0.05) is 28.4 Å². The van der Waals surface area contributed by atoms with E-state index in [9.17, 15) is 24.0 Å². The van der Waals surface area contributed by atoms with E-state index in [1.54, 1.807) is 44.2 Å². The van der Waals surface area contributed by atoms with Crippen LogP contribution in [0.3, 0.4) is 0 Å². The van der Waals surface area contributed by atoms with Gasteiger partial charge in [-0.15, -0.1) is 0 Å². The summed E-state index contributed by atoms with van der Waals surface area (Å²) in [5.74, 6) is -6.77. The number of nitrogens with zero attached hydrogens (tertiary/aromatic N) is 1. The lowest BCUT2D eigenvalue weighted by Crippen LogP contribution is -2.39. The molecule has 210 valence electrons. The highest BCUT2D eigenvalue weighted by Crippen LogP contribution is 2.64. The van der Waals surface area contributed by atoms with Gasteiger partial charge >= 0.3 is 11.9 Å². The summed E-state index contributed by atoms with van der Waals surface area (Å²) in [5, 5.41) is 0. The maximum atomic E-state index is 14.4. The van der Waals surface area contributed by atoms with E-state index >= 15 is 0 Å². The number of fused-ring (bicyclic) bond motifs is 2. The molecule has 4 aliphatic rings. The Morgan fingerprint density at radius 1 is 0.854 bits per heavy atom. The van der Waals surface area contributed by atoms with Crippen molar-refractivity contribution in [3.63, 3.8) is 0 Å². The van der Waals surface area contributed by atoms with E-state index in [1.807, 2.05) is 36.4 Å². The third-order valence-electron chi connectivity index (χ3n) is 9.43. The van der Waals surface area contributed by atoms with Crippen LogP contribution in [0, 0.1) is 35.0 Å². The van der Waals surface area contributed by atoms with Crippen molar-refractivity contribution in [1.29, 1.82) is 0 Å². The summed E-state index contributed by atoms with van der Waals surface area (Å²) in [6, 6.07) is 18.1. The molecule has 0 aromatic heterocycles. The summed E-state index contributed by atoms with van der Waals surface area (Å²) in [6.07, 6.45) is 1.61. The normalized spacial score (nSPS) is 29.9. The van der Waals surface area contributed by atoms with Crippen molar-refractivity contribution in [2.75, 3.05) is 19.1 Å². The molecule has 0 N–H and O–H groups in total. The highest BCUT2D eigenvalue weighted by molar-refractivity contribution is 6.24. The second-order valence-electron chi connectivity index (χ2n) is 11.7. The molecule has 6 atom stereocenters. The Morgan fingerprint density at radius 3 is 2.07 bits per heavy atom. The minimum atomic E-state index is -1.05. The van der Waals surface area contributed by atoms with Crippen molar-refractivity contribution in [2.45, 2.75) is 26.2 Å². The van der Waals surface area contributed by atoms with Crippen LogP contribution in [0.1, 0.15) is 31.7 Å². The Kier molecular flexibility index (Phi) is 6.32. The van der Waals surface area contributed by atoms with E-state index in [1.165, 1.54) is 19.1 Å². The number of esters is 2. The Labute approximate surface area is 238 Å². The molecule has 0 bridgehead atoms. The SMILES string of the molecule is COC(=O)C1=C[C@@H](C(=O)OC)[C@@H]2C3=C(C(=O)C2(C)C)[C@H](c2ccccc2)[C@@H]2C(=O)N(c4ccccc4)C(=O)[C@@H]2[C@@H]3C1. The van der Waals surface area contributed by atoms with Gasteiger partial charge in [0.15, 0.2) is 5.78 Å². The van der Waals surface area contributed by atoms with Crippen LogP contribution in [0.4, 0.5) is 5.69 Å². The monoisotopic (exact) mass is 553 g/mol. The van der Waals surface area contributed by atoms with Crippen molar-refractivity contribution < 1.29 is 33.4 Å². The average Bonchev–Trinajstić information content (AvgIpc) is 3.25. The first-order valence-electron chi connectivity index (χ1n) is 13.8. The molecule has 0 saturated carbocycles. The lowest BCUT2D eigenvalue weighted by Gasteiger charge is -2.39. The van der Waals surface area contributed by atoms with Crippen LogP contribution in [0.15, 0.2) is 83.5 Å². The number of ketones is 1. The highest BCUT2D eigenvalue weighted by atomic mass is 16.5. The van der Waals surface area contributed by atoms with E-state index in [-0.39, 0.29) is 29.6 Å². The molecule has 8 heteroatoms. The summed E-state index contributed by atoms with van der Waals surface area (Å²) >= 11 is 0. The molecule has 2 aromatic rings. The first-order chi connectivity index (χ1) is 19.6. The van der Waals surface area contributed by atoms with Crippen molar-refractivity contribution in [2.24, 2.45) is 35.0 Å². The molecule has 6 rings (SSSR count). The van der Waals surface area contributed by atoms with Gasteiger partial charge in [-0.25, -0.2) is 4.79 Å². The number of allylic oxidation sites excluding steroid dienone is 2. The number of imide groups is 1. The molecule has 2 amide bonds.